The van der Waals surface area contributed by atoms with Crippen molar-refractivity contribution in [2.24, 2.45) is 0 Å². The first-order chi connectivity index (χ1) is 8.16. The summed E-state index contributed by atoms with van der Waals surface area (Å²) in [6.45, 7) is 0. The molecule has 0 saturated heterocycles. The van der Waals surface area contributed by atoms with Crippen molar-refractivity contribution in [3.63, 3.8) is 0 Å². The van der Waals surface area contributed by atoms with Gasteiger partial charge in [-0.2, -0.15) is 0 Å². The topological polar surface area (TPSA) is 53.4 Å². The van der Waals surface area contributed by atoms with Gasteiger partial charge in [-0.25, -0.2) is 4.98 Å². The fourth-order valence-electron chi connectivity index (χ4n) is 1.45. The number of para-hydroxylation sites is 1. The molecular formula is C12H12N2O2S. The predicted octanol–water partition coefficient (Wildman–Crippen LogP) is 2.54. The van der Waals surface area contributed by atoms with Crippen LogP contribution < -0.4 is 4.90 Å². The van der Waals surface area contributed by atoms with Crippen molar-refractivity contribution in [2.45, 2.75) is 6.42 Å². The summed E-state index contributed by atoms with van der Waals surface area (Å²) in [4.78, 5) is 16.8. The lowest BCUT2D eigenvalue weighted by Crippen LogP contribution is -2.09. The molecule has 1 heterocycles. The number of nitrogens with zero attached hydrogens (tertiary/aromatic N) is 2. The molecule has 5 heteroatoms. The lowest BCUT2D eigenvalue weighted by molar-refractivity contribution is -0.136. The van der Waals surface area contributed by atoms with Crippen molar-refractivity contribution in [3.05, 3.63) is 41.4 Å². The molecule has 0 atom stereocenters. The molecule has 0 radical (unpaired) electrons. The third kappa shape index (κ3) is 2.82. The van der Waals surface area contributed by atoms with Crippen molar-refractivity contribution >= 4 is 28.1 Å². The summed E-state index contributed by atoms with van der Waals surface area (Å²) in [7, 11) is 1.92. The SMILES string of the molecule is CN(c1ccccc1)c1nc(CC(=O)O)cs1. The standard InChI is InChI=1S/C12H12N2O2S/c1-14(10-5-3-2-4-6-10)12-13-9(8-17-12)7-11(15)16/h2-6,8H,7H2,1H3,(H,15,16). The first-order valence-electron chi connectivity index (χ1n) is 5.12. The molecule has 0 bridgehead atoms. The number of rotatable bonds is 4. The zero-order valence-electron chi connectivity index (χ0n) is 9.33. The summed E-state index contributed by atoms with van der Waals surface area (Å²) in [6, 6.07) is 9.83. The first-order valence-corrected chi connectivity index (χ1v) is 6.00. The number of carboxylic acids is 1. The Labute approximate surface area is 103 Å². The van der Waals surface area contributed by atoms with Crippen LogP contribution in [0.1, 0.15) is 5.69 Å². The summed E-state index contributed by atoms with van der Waals surface area (Å²) in [6.07, 6.45) is -0.0286. The monoisotopic (exact) mass is 248 g/mol. The fraction of sp³-hybridized carbons (Fsp3) is 0.167. The van der Waals surface area contributed by atoms with Gasteiger partial charge in [0, 0.05) is 18.1 Å². The van der Waals surface area contributed by atoms with E-state index in [-0.39, 0.29) is 6.42 Å². The van der Waals surface area contributed by atoms with E-state index in [1.54, 1.807) is 5.38 Å². The minimum Gasteiger partial charge on any atom is -0.481 e. The van der Waals surface area contributed by atoms with Crippen molar-refractivity contribution in [2.75, 3.05) is 11.9 Å². The van der Waals surface area contributed by atoms with Crippen LogP contribution in [0.5, 0.6) is 0 Å². The number of aliphatic carboxylic acids is 1. The predicted molar refractivity (Wildman–Crippen MR) is 68.0 cm³/mol. The Kier molecular flexibility index (Phi) is 3.39. The first kappa shape index (κ1) is 11.6. The zero-order valence-corrected chi connectivity index (χ0v) is 10.1. The Hall–Kier alpha value is -1.88. The van der Waals surface area contributed by atoms with Crippen LogP contribution in [0.25, 0.3) is 0 Å². The number of thiazole rings is 1. The molecule has 1 N–H and O–H groups in total. The van der Waals surface area contributed by atoms with E-state index >= 15 is 0 Å². The molecule has 0 aliphatic heterocycles. The van der Waals surface area contributed by atoms with Crippen LogP contribution in [0, 0.1) is 0 Å². The number of hydrogen-bond acceptors (Lipinski definition) is 4. The molecule has 0 unspecified atom stereocenters. The molecule has 88 valence electrons. The largest absolute Gasteiger partial charge is 0.481 e. The molecule has 0 saturated carbocycles. The second-order valence-corrected chi connectivity index (χ2v) is 4.42. The van der Waals surface area contributed by atoms with Gasteiger partial charge in [0.2, 0.25) is 0 Å². The van der Waals surface area contributed by atoms with Crippen molar-refractivity contribution in [1.29, 1.82) is 0 Å². The molecule has 2 aromatic rings. The van der Waals surface area contributed by atoms with E-state index in [9.17, 15) is 4.79 Å². The van der Waals surface area contributed by atoms with Crippen LogP contribution in [0.4, 0.5) is 10.8 Å². The number of hydrogen-bond donors (Lipinski definition) is 1. The van der Waals surface area contributed by atoms with Crippen LogP contribution in [0.3, 0.4) is 0 Å². The quantitative estimate of drug-likeness (QED) is 0.903. The van der Waals surface area contributed by atoms with Gasteiger partial charge in [0.05, 0.1) is 12.1 Å². The minimum atomic E-state index is -0.857. The molecule has 1 aromatic heterocycles. The second kappa shape index (κ2) is 4.97. The normalized spacial score (nSPS) is 10.2. The highest BCUT2D eigenvalue weighted by Gasteiger charge is 2.10. The third-order valence-corrected chi connectivity index (χ3v) is 3.27. The highest BCUT2D eigenvalue weighted by atomic mass is 32.1. The molecular weight excluding hydrogens is 236 g/mol. The number of anilines is 2. The fourth-order valence-corrected chi connectivity index (χ4v) is 2.26. The van der Waals surface area contributed by atoms with Crippen LogP contribution in [0.2, 0.25) is 0 Å². The highest BCUT2D eigenvalue weighted by Crippen LogP contribution is 2.26. The third-order valence-electron chi connectivity index (χ3n) is 2.30. The second-order valence-electron chi connectivity index (χ2n) is 3.59. The Morgan fingerprint density at radius 2 is 2.12 bits per heavy atom. The molecule has 0 aliphatic rings. The van der Waals surface area contributed by atoms with E-state index in [2.05, 4.69) is 4.98 Å². The van der Waals surface area contributed by atoms with Gasteiger partial charge in [0.1, 0.15) is 0 Å². The summed E-state index contributed by atoms with van der Waals surface area (Å²) in [5.74, 6) is -0.857. The van der Waals surface area contributed by atoms with Gasteiger partial charge < -0.3 is 10.0 Å². The van der Waals surface area contributed by atoms with Gasteiger partial charge in [-0.1, -0.05) is 18.2 Å². The van der Waals surface area contributed by atoms with Crippen molar-refractivity contribution in [3.8, 4) is 0 Å². The van der Waals surface area contributed by atoms with Gasteiger partial charge >= 0.3 is 5.97 Å². The number of carboxylic acid groups (broad SMARTS) is 1. The molecule has 1 aromatic carbocycles. The van der Waals surface area contributed by atoms with E-state index in [1.165, 1.54) is 11.3 Å². The lowest BCUT2D eigenvalue weighted by atomic mass is 10.3. The van der Waals surface area contributed by atoms with Crippen molar-refractivity contribution in [1.82, 2.24) is 4.98 Å². The van der Waals surface area contributed by atoms with Crippen molar-refractivity contribution < 1.29 is 9.90 Å². The van der Waals surface area contributed by atoms with E-state index in [1.807, 2.05) is 42.3 Å². The molecule has 17 heavy (non-hydrogen) atoms. The van der Waals surface area contributed by atoms with E-state index in [0.717, 1.165) is 10.8 Å². The Morgan fingerprint density at radius 3 is 2.76 bits per heavy atom. The number of aromatic nitrogens is 1. The maximum Gasteiger partial charge on any atom is 0.309 e. The Bertz CT molecular complexity index is 510. The summed E-state index contributed by atoms with van der Waals surface area (Å²) in [5, 5.41) is 11.3. The highest BCUT2D eigenvalue weighted by molar-refractivity contribution is 7.13. The maximum atomic E-state index is 10.6. The molecule has 0 amide bonds. The summed E-state index contributed by atoms with van der Waals surface area (Å²) < 4.78 is 0. The molecule has 4 nitrogen and oxygen atoms in total. The number of benzene rings is 1. The van der Waals surface area contributed by atoms with Gasteiger partial charge in [0.25, 0.3) is 0 Å². The Morgan fingerprint density at radius 1 is 1.41 bits per heavy atom. The smallest absolute Gasteiger partial charge is 0.309 e. The molecule has 2 rings (SSSR count). The van der Waals surface area contributed by atoms with Gasteiger partial charge in [-0.15, -0.1) is 11.3 Å². The van der Waals surface area contributed by atoms with Gasteiger partial charge in [-0.05, 0) is 12.1 Å². The van der Waals surface area contributed by atoms with Crippen LogP contribution in [-0.2, 0) is 11.2 Å². The average molecular weight is 248 g/mol. The minimum absolute atomic E-state index is 0.0286. The van der Waals surface area contributed by atoms with E-state index < -0.39 is 5.97 Å². The van der Waals surface area contributed by atoms with Crippen LogP contribution in [0.15, 0.2) is 35.7 Å². The number of carbonyl (C=O) groups is 1. The molecule has 0 fully saturated rings. The summed E-state index contributed by atoms with van der Waals surface area (Å²) >= 11 is 1.45. The maximum absolute atomic E-state index is 10.6. The summed E-state index contributed by atoms with van der Waals surface area (Å²) in [5.41, 5.74) is 1.63. The van der Waals surface area contributed by atoms with E-state index in [4.69, 9.17) is 5.11 Å². The van der Waals surface area contributed by atoms with Crippen LogP contribution >= 0.6 is 11.3 Å². The molecule has 0 spiro atoms. The Balaban J connectivity index is 2.17. The van der Waals surface area contributed by atoms with E-state index in [0.29, 0.717) is 5.69 Å². The lowest BCUT2D eigenvalue weighted by Gasteiger charge is -2.15. The zero-order chi connectivity index (χ0) is 12.3. The van der Waals surface area contributed by atoms with Crippen LogP contribution in [-0.4, -0.2) is 23.1 Å². The average Bonchev–Trinajstić information content (AvgIpc) is 2.77. The van der Waals surface area contributed by atoms with Gasteiger partial charge in [0.15, 0.2) is 5.13 Å². The molecule has 0 aliphatic carbocycles. The van der Waals surface area contributed by atoms with Gasteiger partial charge in [-0.3, -0.25) is 4.79 Å².